The van der Waals surface area contributed by atoms with E-state index in [0.717, 1.165) is 44.5 Å². The van der Waals surface area contributed by atoms with Crippen LogP contribution in [0.4, 0.5) is 0 Å². The lowest BCUT2D eigenvalue weighted by Gasteiger charge is -2.46. The first-order chi connectivity index (χ1) is 21.2. The van der Waals surface area contributed by atoms with Crippen molar-refractivity contribution in [2.75, 3.05) is 26.2 Å². The number of hydrogen-bond acceptors (Lipinski definition) is 5. The van der Waals surface area contributed by atoms with Crippen molar-refractivity contribution in [3.8, 4) is 0 Å². The Morgan fingerprint density at radius 3 is 2.20 bits per heavy atom. The van der Waals surface area contributed by atoms with Gasteiger partial charge in [0.05, 0.1) is 12.5 Å². The molecule has 45 heavy (non-hydrogen) atoms. The van der Waals surface area contributed by atoms with Gasteiger partial charge in [-0.1, -0.05) is 70.0 Å². The Balaban J connectivity index is 1.71. The molecular weight excluding hydrogens is 611 g/mol. The molecule has 1 fully saturated rings. The minimum absolute atomic E-state index is 0.0303. The molecule has 0 aromatic heterocycles. The highest BCUT2D eigenvalue weighted by Gasteiger charge is 2.51. The molecule has 2 aliphatic heterocycles. The number of carbonyl (C=O) groups is 3. The van der Waals surface area contributed by atoms with Crippen molar-refractivity contribution in [1.82, 2.24) is 15.1 Å². The number of aliphatic imine (C=N–C) groups is 1. The first-order valence-electron chi connectivity index (χ1n) is 15.9. The van der Waals surface area contributed by atoms with Gasteiger partial charge < -0.3 is 20.2 Å². The zero-order chi connectivity index (χ0) is 32.9. The minimum atomic E-state index is -0.969. The van der Waals surface area contributed by atoms with Gasteiger partial charge in [-0.05, 0) is 73.0 Å². The molecule has 4 rings (SSSR count). The highest BCUT2D eigenvalue weighted by molar-refractivity contribution is 6.47. The molecule has 2 heterocycles. The van der Waals surface area contributed by atoms with Crippen LogP contribution in [0.1, 0.15) is 101 Å². The number of rotatable bonds is 12. The van der Waals surface area contributed by atoms with Crippen LogP contribution in [0.15, 0.2) is 47.5 Å². The van der Waals surface area contributed by atoms with Crippen LogP contribution in [0.25, 0.3) is 0 Å². The lowest BCUT2D eigenvalue weighted by molar-refractivity contribution is -0.137. The van der Waals surface area contributed by atoms with E-state index in [0.29, 0.717) is 45.6 Å². The predicted molar refractivity (Wildman–Crippen MR) is 180 cm³/mol. The van der Waals surface area contributed by atoms with Crippen molar-refractivity contribution >= 4 is 46.7 Å². The SMILES string of the molecule is CC(C)CCN1CCC2(CC1)N=C(c1cc(Cl)cc(Cl)c1)C(=O)N2[C@H](CCC(C)(C)C)c1ccc(C(=O)NCCC(=O)O)cc1. The van der Waals surface area contributed by atoms with Crippen LogP contribution in [0.5, 0.6) is 0 Å². The van der Waals surface area contributed by atoms with Gasteiger partial charge in [0.2, 0.25) is 0 Å². The van der Waals surface area contributed by atoms with Crippen LogP contribution < -0.4 is 5.32 Å². The summed E-state index contributed by atoms with van der Waals surface area (Å²) < 4.78 is 0. The number of carboxylic acids is 1. The van der Waals surface area contributed by atoms with Crippen molar-refractivity contribution < 1.29 is 19.5 Å². The van der Waals surface area contributed by atoms with Crippen molar-refractivity contribution in [3.63, 3.8) is 0 Å². The third kappa shape index (κ3) is 9.08. The number of nitrogens with one attached hydrogen (secondary N) is 1. The Bertz CT molecular complexity index is 1390. The van der Waals surface area contributed by atoms with Gasteiger partial charge in [0.25, 0.3) is 11.8 Å². The second kappa shape index (κ2) is 14.7. The zero-order valence-corrected chi connectivity index (χ0v) is 28.5. The van der Waals surface area contributed by atoms with Crippen LogP contribution in [-0.2, 0) is 9.59 Å². The molecule has 10 heteroatoms. The quantitative estimate of drug-likeness (QED) is 0.251. The molecular formula is C35H46Cl2N4O4. The summed E-state index contributed by atoms with van der Waals surface area (Å²) in [6, 6.07) is 12.2. The van der Waals surface area contributed by atoms with E-state index in [2.05, 4.69) is 44.8 Å². The van der Waals surface area contributed by atoms with Crippen molar-refractivity contribution in [2.45, 2.75) is 84.8 Å². The summed E-state index contributed by atoms with van der Waals surface area (Å²) in [4.78, 5) is 47.8. The first kappa shape index (κ1) is 34.9. The fourth-order valence-corrected chi connectivity index (χ4v) is 6.63. The Morgan fingerprint density at radius 2 is 1.64 bits per heavy atom. The molecule has 2 aromatic rings. The number of hydrogen-bond donors (Lipinski definition) is 2. The number of carboxylic acid groups (broad SMARTS) is 1. The zero-order valence-electron chi connectivity index (χ0n) is 27.0. The number of amides is 2. The van der Waals surface area contributed by atoms with Gasteiger partial charge in [0, 0.05) is 53.6 Å². The van der Waals surface area contributed by atoms with Gasteiger partial charge in [0.1, 0.15) is 11.4 Å². The standard InChI is InChI=1S/C35H46Cl2N4O4/c1-23(2)12-17-40-18-14-35(15-19-40)39-31(26-20-27(36)22-28(37)21-26)33(45)41(35)29(10-13-34(3,4)5)24-6-8-25(9-7-24)32(44)38-16-11-30(42)43/h6-9,20-23,29H,10-19H2,1-5H3,(H,38,44)(H,42,43)/t29-/m1/s1. The molecule has 2 amide bonds. The number of nitrogens with zero attached hydrogens (tertiary/aromatic N) is 3. The summed E-state index contributed by atoms with van der Waals surface area (Å²) in [6.07, 6.45) is 3.99. The van der Waals surface area contributed by atoms with Gasteiger partial charge in [0.15, 0.2) is 0 Å². The fraction of sp³-hybridized carbons (Fsp3) is 0.543. The van der Waals surface area contributed by atoms with Gasteiger partial charge in [-0.2, -0.15) is 0 Å². The maximum absolute atomic E-state index is 14.6. The van der Waals surface area contributed by atoms with E-state index in [1.54, 1.807) is 30.3 Å². The molecule has 0 aliphatic carbocycles. The molecule has 244 valence electrons. The largest absolute Gasteiger partial charge is 0.481 e. The van der Waals surface area contributed by atoms with E-state index < -0.39 is 11.6 Å². The topological polar surface area (TPSA) is 102 Å². The Morgan fingerprint density at radius 1 is 1.02 bits per heavy atom. The Kier molecular flexibility index (Phi) is 11.4. The highest BCUT2D eigenvalue weighted by atomic mass is 35.5. The molecule has 1 saturated heterocycles. The van der Waals surface area contributed by atoms with Crippen molar-refractivity contribution in [1.29, 1.82) is 0 Å². The second-order valence-electron chi connectivity index (χ2n) is 13.9. The number of benzene rings is 2. The number of halogens is 2. The molecule has 2 N–H and O–H groups in total. The van der Waals surface area contributed by atoms with Gasteiger partial charge in [-0.25, -0.2) is 0 Å². The number of piperidine rings is 1. The van der Waals surface area contributed by atoms with Crippen molar-refractivity contribution in [3.05, 3.63) is 69.2 Å². The van der Waals surface area contributed by atoms with Gasteiger partial charge >= 0.3 is 5.97 Å². The number of carbonyl (C=O) groups excluding carboxylic acids is 2. The summed E-state index contributed by atoms with van der Waals surface area (Å²) in [6.45, 7) is 13.8. The van der Waals surface area contributed by atoms with Crippen LogP contribution in [0, 0.1) is 11.3 Å². The maximum atomic E-state index is 14.6. The molecule has 2 aliphatic rings. The molecule has 0 bridgehead atoms. The van der Waals surface area contributed by atoms with E-state index in [9.17, 15) is 14.4 Å². The third-order valence-electron chi connectivity index (χ3n) is 8.67. The maximum Gasteiger partial charge on any atom is 0.305 e. The smallest absolute Gasteiger partial charge is 0.305 e. The fourth-order valence-electron chi connectivity index (χ4n) is 6.11. The van der Waals surface area contributed by atoms with Crippen LogP contribution in [-0.4, -0.2) is 70.2 Å². The van der Waals surface area contributed by atoms with Crippen LogP contribution in [0.2, 0.25) is 10.0 Å². The minimum Gasteiger partial charge on any atom is -0.481 e. The normalized spacial score (nSPS) is 17.6. The van der Waals surface area contributed by atoms with E-state index in [4.69, 9.17) is 33.3 Å². The van der Waals surface area contributed by atoms with Crippen molar-refractivity contribution in [2.24, 2.45) is 16.3 Å². The molecule has 2 aromatic carbocycles. The second-order valence-corrected chi connectivity index (χ2v) is 14.8. The summed E-state index contributed by atoms with van der Waals surface area (Å²) in [7, 11) is 0. The average Bonchev–Trinajstić information content (AvgIpc) is 3.23. The Labute approximate surface area is 277 Å². The molecule has 8 nitrogen and oxygen atoms in total. The third-order valence-corrected chi connectivity index (χ3v) is 9.10. The first-order valence-corrected chi connectivity index (χ1v) is 16.7. The molecule has 0 unspecified atom stereocenters. The summed E-state index contributed by atoms with van der Waals surface area (Å²) in [5, 5.41) is 12.5. The monoisotopic (exact) mass is 656 g/mol. The molecule has 1 spiro atoms. The molecule has 0 radical (unpaired) electrons. The predicted octanol–water partition coefficient (Wildman–Crippen LogP) is 7.24. The number of aliphatic carboxylic acids is 1. The van der Waals surface area contributed by atoms with Gasteiger partial charge in [-0.3, -0.25) is 19.4 Å². The highest BCUT2D eigenvalue weighted by Crippen LogP contribution is 2.45. The van der Waals surface area contributed by atoms with Crippen LogP contribution in [0.3, 0.4) is 0 Å². The van der Waals surface area contributed by atoms with E-state index in [-0.39, 0.29) is 36.2 Å². The number of likely N-dealkylation sites (tertiary alicyclic amines) is 1. The van der Waals surface area contributed by atoms with E-state index >= 15 is 0 Å². The lowest BCUT2D eigenvalue weighted by atomic mass is 9.84. The van der Waals surface area contributed by atoms with Crippen LogP contribution >= 0.6 is 23.2 Å². The van der Waals surface area contributed by atoms with Gasteiger partial charge in [-0.15, -0.1) is 0 Å². The summed E-state index contributed by atoms with van der Waals surface area (Å²) in [5.41, 5.74) is 1.67. The average molecular weight is 658 g/mol. The summed E-state index contributed by atoms with van der Waals surface area (Å²) >= 11 is 12.8. The van der Waals surface area contributed by atoms with E-state index in [1.165, 1.54) is 0 Å². The molecule has 0 saturated carbocycles. The lowest BCUT2D eigenvalue weighted by Crippen LogP contribution is -2.55. The Hall–Kier alpha value is -2.94. The summed E-state index contributed by atoms with van der Waals surface area (Å²) in [5.74, 6) is -0.825. The molecule has 1 atom stereocenters. The van der Waals surface area contributed by atoms with E-state index in [1.807, 2.05) is 17.0 Å².